The molecule has 0 aromatic carbocycles. The third kappa shape index (κ3) is 8.19. The molecule has 1 aliphatic heterocycles. The van der Waals surface area contributed by atoms with Crippen LogP contribution in [-0.4, -0.2) is 43.7 Å². The number of rotatable bonds is 13. The fourth-order valence-corrected chi connectivity index (χ4v) is 2.53. The zero-order valence-electron chi connectivity index (χ0n) is 16.0. The van der Waals surface area contributed by atoms with Gasteiger partial charge in [0.05, 0.1) is 13.2 Å². The van der Waals surface area contributed by atoms with E-state index in [1.807, 2.05) is 13.8 Å². The Morgan fingerprint density at radius 2 is 1.20 bits per heavy atom. The summed E-state index contributed by atoms with van der Waals surface area (Å²) in [7, 11) is 0. The molecule has 0 bridgehead atoms. The summed E-state index contributed by atoms with van der Waals surface area (Å²) in [5.41, 5.74) is 0. The van der Waals surface area contributed by atoms with E-state index < -0.39 is 30.4 Å². The monoisotopic (exact) mass is 358 g/mol. The predicted molar refractivity (Wildman–Crippen MR) is 94.0 cm³/mol. The Bertz CT molecular complexity index is 354. The van der Waals surface area contributed by atoms with E-state index in [1.54, 1.807) is 0 Å². The average Bonchev–Trinajstić information content (AvgIpc) is 3.03. The van der Waals surface area contributed by atoms with Crippen molar-refractivity contribution in [1.29, 1.82) is 0 Å². The molecule has 1 rings (SSSR count). The summed E-state index contributed by atoms with van der Waals surface area (Å²) in [5.74, 6) is -1.08. The molecular weight excluding hydrogens is 324 g/mol. The van der Waals surface area contributed by atoms with Crippen LogP contribution in [0.15, 0.2) is 0 Å². The fraction of sp³-hybridized carbons (Fsp3) is 0.895. The summed E-state index contributed by atoms with van der Waals surface area (Å²) in [4.78, 5) is 24.5. The predicted octanol–water partition coefficient (Wildman–Crippen LogP) is 3.75. The van der Waals surface area contributed by atoms with E-state index in [2.05, 4.69) is 6.92 Å². The van der Waals surface area contributed by atoms with Crippen LogP contribution in [-0.2, 0) is 28.5 Å². The Morgan fingerprint density at radius 1 is 0.720 bits per heavy atom. The van der Waals surface area contributed by atoms with E-state index in [9.17, 15) is 9.59 Å². The Hall–Kier alpha value is -1.14. The molecule has 0 aliphatic carbocycles. The number of carbonyl (C=O) groups is 2. The van der Waals surface area contributed by atoms with Crippen LogP contribution in [0.2, 0.25) is 0 Å². The van der Waals surface area contributed by atoms with Crippen LogP contribution < -0.4 is 0 Å². The first kappa shape index (κ1) is 21.9. The van der Waals surface area contributed by atoms with Crippen molar-refractivity contribution >= 4 is 11.9 Å². The Labute approximate surface area is 151 Å². The number of hydrogen-bond donors (Lipinski definition) is 0. The summed E-state index contributed by atoms with van der Waals surface area (Å²) in [6, 6.07) is 0. The normalized spacial score (nSPS) is 20.6. The van der Waals surface area contributed by atoms with E-state index in [0.717, 1.165) is 51.4 Å². The molecule has 0 spiro atoms. The molecule has 2 atom stereocenters. The smallest absolute Gasteiger partial charge is 0.338 e. The van der Waals surface area contributed by atoms with Gasteiger partial charge < -0.3 is 18.9 Å². The first-order valence-corrected chi connectivity index (χ1v) is 9.78. The minimum Gasteiger partial charge on any atom is -0.464 e. The van der Waals surface area contributed by atoms with E-state index in [4.69, 9.17) is 18.9 Å². The first-order valence-electron chi connectivity index (χ1n) is 9.78. The van der Waals surface area contributed by atoms with Gasteiger partial charge in [0, 0.05) is 0 Å². The lowest BCUT2D eigenvalue weighted by molar-refractivity contribution is -0.163. The SMILES string of the molecule is CCCCCCC1O[C@@H](C(=O)OCCCC)[C@H](C(=O)OCCCC)O1. The van der Waals surface area contributed by atoms with Gasteiger partial charge in [0.15, 0.2) is 18.5 Å². The van der Waals surface area contributed by atoms with Gasteiger partial charge in [-0.05, 0) is 25.7 Å². The highest BCUT2D eigenvalue weighted by Gasteiger charge is 2.46. The molecule has 0 radical (unpaired) electrons. The highest BCUT2D eigenvalue weighted by molar-refractivity contribution is 5.86. The highest BCUT2D eigenvalue weighted by atomic mass is 16.8. The van der Waals surface area contributed by atoms with Crippen LogP contribution in [0.4, 0.5) is 0 Å². The largest absolute Gasteiger partial charge is 0.464 e. The molecule has 6 heteroatoms. The second kappa shape index (κ2) is 13.1. The molecule has 1 heterocycles. The van der Waals surface area contributed by atoms with Crippen LogP contribution in [0.25, 0.3) is 0 Å². The number of unbranched alkanes of at least 4 members (excludes halogenated alkanes) is 5. The molecule has 0 N–H and O–H groups in total. The maximum Gasteiger partial charge on any atom is 0.338 e. The molecule has 6 nitrogen and oxygen atoms in total. The molecular formula is C19H34O6. The zero-order chi connectivity index (χ0) is 18.5. The number of ether oxygens (including phenoxy) is 4. The van der Waals surface area contributed by atoms with E-state index in [-0.39, 0.29) is 0 Å². The first-order chi connectivity index (χ1) is 12.1. The summed E-state index contributed by atoms with van der Waals surface area (Å²) >= 11 is 0. The Morgan fingerprint density at radius 3 is 1.64 bits per heavy atom. The number of esters is 2. The zero-order valence-corrected chi connectivity index (χ0v) is 16.0. The van der Waals surface area contributed by atoms with Crippen LogP contribution in [0, 0.1) is 0 Å². The van der Waals surface area contributed by atoms with Crippen molar-refractivity contribution in [3.8, 4) is 0 Å². The maximum absolute atomic E-state index is 12.3. The summed E-state index contributed by atoms with van der Waals surface area (Å²) in [6.07, 6.45) is 5.80. The molecule has 146 valence electrons. The lowest BCUT2D eigenvalue weighted by Gasteiger charge is -2.15. The van der Waals surface area contributed by atoms with Crippen LogP contribution >= 0.6 is 0 Å². The maximum atomic E-state index is 12.3. The second-order valence-electron chi connectivity index (χ2n) is 6.43. The van der Waals surface area contributed by atoms with Gasteiger partial charge in [0.2, 0.25) is 0 Å². The van der Waals surface area contributed by atoms with Crippen molar-refractivity contribution in [2.45, 2.75) is 97.1 Å². The van der Waals surface area contributed by atoms with Crippen molar-refractivity contribution in [2.75, 3.05) is 13.2 Å². The van der Waals surface area contributed by atoms with Crippen LogP contribution in [0.5, 0.6) is 0 Å². The summed E-state index contributed by atoms with van der Waals surface area (Å²) in [6.45, 7) is 6.83. The van der Waals surface area contributed by atoms with Crippen molar-refractivity contribution in [3.63, 3.8) is 0 Å². The molecule has 0 aromatic rings. The third-order valence-corrected chi connectivity index (χ3v) is 4.11. The van der Waals surface area contributed by atoms with Gasteiger partial charge in [-0.2, -0.15) is 0 Å². The highest BCUT2D eigenvalue weighted by Crippen LogP contribution is 2.25. The number of hydrogen-bond acceptors (Lipinski definition) is 6. The molecule has 1 fully saturated rings. The second-order valence-corrected chi connectivity index (χ2v) is 6.43. The number of carbonyl (C=O) groups excluding carboxylic acids is 2. The summed E-state index contributed by atoms with van der Waals surface area (Å²) < 4.78 is 21.8. The van der Waals surface area contributed by atoms with Crippen molar-refractivity contribution in [1.82, 2.24) is 0 Å². The standard InChI is InChI=1S/C19H34O6/c1-4-7-10-11-12-15-24-16(18(20)22-13-8-5-2)17(25-15)19(21)23-14-9-6-3/h15-17H,4-14H2,1-3H3/t16-,17-/m1/s1. The van der Waals surface area contributed by atoms with Gasteiger partial charge in [-0.15, -0.1) is 0 Å². The Kier molecular flexibility index (Phi) is 11.5. The lowest BCUT2D eigenvalue weighted by atomic mass is 10.1. The van der Waals surface area contributed by atoms with Crippen molar-refractivity contribution in [2.24, 2.45) is 0 Å². The van der Waals surface area contributed by atoms with Gasteiger partial charge in [-0.1, -0.05) is 52.9 Å². The molecule has 0 aromatic heterocycles. The van der Waals surface area contributed by atoms with Gasteiger partial charge in [0.1, 0.15) is 0 Å². The lowest BCUT2D eigenvalue weighted by Crippen LogP contribution is -2.39. The van der Waals surface area contributed by atoms with Crippen LogP contribution in [0.1, 0.15) is 78.6 Å². The van der Waals surface area contributed by atoms with Gasteiger partial charge >= 0.3 is 11.9 Å². The molecule has 25 heavy (non-hydrogen) atoms. The minimum atomic E-state index is -1.03. The van der Waals surface area contributed by atoms with Gasteiger partial charge in [-0.3, -0.25) is 0 Å². The Balaban J connectivity index is 2.57. The quantitative estimate of drug-likeness (QED) is 0.369. The fourth-order valence-electron chi connectivity index (χ4n) is 2.53. The third-order valence-electron chi connectivity index (χ3n) is 4.11. The van der Waals surface area contributed by atoms with Gasteiger partial charge in [-0.25, -0.2) is 9.59 Å². The molecule has 0 unspecified atom stereocenters. The van der Waals surface area contributed by atoms with E-state index in [0.29, 0.717) is 19.6 Å². The molecule has 0 amide bonds. The topological polar surface area (TPSA) is 71.1 Å². The van der Waals surface area contributed by atoms with Crippen molar-refractivity contribution in [3.05, 3.63) is 0 Å². The van der Waals surface area contributed by atoms with E-state index >= 15 is 0 Å². The summed E-state index contributed by atoms with van der Waals surface area (Å²) in [5, 5.41) is 0. The van der Waals surface area contributed by atoms with Crippen molar-refractivity contribution < 1.29 is 28.5 Å². The average molecular weight is 358 g/mol. The van der Waals surface area contributed by atoms with Crippen LogP contribution in [0.3, 0.4) is 0 Å². The van der Waals surface area contributed by atoms with Gasteiger partial charge in [0.25, 0.3) is 0 Å². The minimum absolute atomic E-state index is 0.327. The molecule has 1 aliphatic rings. The molecule has 0 saturated carbocycles. The molecule has 1 saturated heterocycles. The van der Waals surface area contributed by atoms with E-state index in [1.165, 1.54) is 0 Å².